The monoisotopic (exact) mass is 368 g/mol. The molecule has 0 unspecified atom stereocenters. The van der Waals surface area contributed by atoms with Crippen molar-refractivity contribution in [3.05, 3.63) is 47.7 Å². The topological polar surface area (TPSA) is 50.2 Å². The van der Waals surface area contributed by atoms with Crippen molar-refractivity contribution < 1.29 is 4.79 Å². The molecule has 0 saturated carbocycles. The quantitative estimate of drug-likeness (QED) is 0.747. The minimum atomic E-state index is -0.0126. The van der Waals surface area contributed by atoms with Crippen molar-refractivity contribution >= 4 is 27.5 Å². The number of piperidine rings is 1. The lowest BCUT2D eigenvalue weighted by molar-refractivity contribution is 0.0942. The molecule has 0 radical (unpaired) electrons. The molecule has 3 aromatic rings. The van der Waals surface area contributed by atoms with Crippen LogP contribution in [0.15, 0.2) is 42.9 Å². The van der Waals surface area contributed by atoms with E-state index in [0.717, 1.165) is 33.9 Å². The molecule has 0 spiro atoms. The van der Waals surface area contributed by atoms with Gasteiger partial charge in [0.25, 0.3) is 5.91 Å². The van der Waals surface area contributed by atoms with Crippen LogP contribution in [0, 0.1) is 0 Å². The molecule has 1 N–H and O–H groups in total. The summed E-state index contributed by atoms with van der Waals surface area (Å²) in [5.74, 6) is -0.0126. The normalized spacial score (nSPS) is 18.3. The number of hydrogen-bond acceptors (Lipinski definition) is 4. The third kappa shape index (κ3) is 3.39. The van der Waals surface area contributed by atoms with Gasteiger partial charge in [-0.1, -0.05) is 6.42 Å². The molecule has 1 fully saturated rings. The zero-order valence-electron chi connectivity index (χ0n) is 15.0. The van der Waals surface area contributed by atoms with E-state index in [1.807, 2.05) is 41.2 Å². The molecule has 3 aromatic heterocycles. The molecule has 6 heteroatoms. The van der Waals surface area contributed by atoms with Gasteiger partial charge in [0, 0.05) is 43.1 Å². The minimum absolute atomic E-state index is 0.0126. The van der Waals surface area contributed by atoms with E-state index >= 15 is 0 Å². The van der Waals surface area contributed by atoms with Crippen molar-refractivity contribution in [1.29, 1.82) is 0 Å². The lowest BCUT2D eigenvalue weighted by atomic mass is 10.0. The largest absolute Gasteiger partial charge is 0.350 e. The fourth-order valence-electron chi connectivity index (χ4n) is 3.70. The van der Waals surface area contributed by atoms with E-state index in [1.165, 1.54) is 30.6 Å². The molecule has 136 valence electrons. The molecular formula is C20H24N4OS. The predicted molar refractivity (Wildman–Crippen MR) is 106 cm³/mol. The number of thiophene rings is 1. The van der Waals surface area contributed by atoms with E-state index in [2.05, 4.69) is 22.1 Å². The Labute approximate surface area is 157 Å². The first-order valence-corrected chi connectivity index (χ1v) is 10.1. The average Bonchev–Trinajstić information content (AvgIpc) is 3.30. The molecule has 0 bridgehead atoms. The maximum Gasteiger partial charge on any atom is 0.263 e. The Kier molecular flexibility index (Phi) is 5.04. The number of nitrogens with one attached hydrogen (secondary N) is 1. The van der Waals surface area contributed by atoms with Crippen LogP contribution in [-0.2, 0) is 0 Å². The number of fused-ring (bicyclic) bond motifs is 1. The van der Waals surface area contributed by atoms with Crippen LogP contribution in [0.4, 0.5) is 0 Å². The lowest BCUT2D eigenvalue weighted by Gasteiger charge is -2.33. The van der Waals surface area contributed by atoms with Crippen LogP contribution in [0.3, 0.4) is 0 Å². The van der Waals surface area contributed by atoms with Gasteiger partial charge in [0.2, 0.25) is 0 Å². The molecule has 1 saturated heterocycles. The maximum absolute atomic E-state index is 12.9. The molecule has 26 heavy (non-hydrogen) atoms. The van der Waals surface area contributed by atoms with E-state index < -0.39 is 0 Å². The summed E-state index contributed by atoms with van der Waals surface area (Å²) in [6.45, 7) is 5.01. The van der Waals surface area contributed by atoms with Crippen LogP contribution in [0.5, 0.6) is 0 Å². The van der Waals surface area contributed by atoms with Gasteiger partial charge in [-0.25, -0.2) is 4.98 Å². The van der Waals surface area contributed by atoms with E-state index in [4.69, 9.17) is 0 Å². The zero-order valence-corrected chi connectivity index (χ0v) is 15.8. The van der Waals surface area contributed by atoms with Gasteiger partial charge in [0.05, 0.1) is 5.69 Å². The SMILES string of the molecule is C[C@@H]1CCCCN1CCNC(=O)c1sc2ncccc2c1-n1cccc1. The van der Waals surface area contributed by atoms with Crippen molar-refractivity contribution in [2.45, 2.75) is 32.2 Å². The van der Waals surface area contributed by atoms with Crippen molar-refractivity contribution in [3.63, 3.8) is 0 Å². The number of amides is 1. The lowest BCUT2D eigenvalue weighted by Crippen LogP contribution is -2.42. The summed E-state index contributed by atoms with van der Waals surface area (Å²) < 4.78 is 2.00. The molecule has 4 heterocycles. The number of pyridine rings is 1. The van der Waals surface area contributed by atoms with Gasteiger partial charge < -0.3 is 9.88 Å². The Morgan fingerprint density at radius 3 is 2.96 bits per heavy atom. The number of carbonyl (C=O) groups is 1. The summed E-state index contributed by atoms with van der Waals surface area (Å²) in [5, 5.41) is 4.14. The first-order valence-electron chi connectivity index (χ1n) is 9.27. The first-order chi connectivity index (χ1) is 12.7. The average molecular weight is 369 g/mol. The third-order valence-electron chi connectivity index (χ3n) is 5.13. The van der Waals surface area contributed by atoms with Crippen LogP contribution >= 0.6 is 11.3 Å². The van der Waals surface area contributed by atoms with E-state index in [0.29, 0.717) is 12.6 Å². The summed E-state index contributed by atoms with van der Waals surface area (Å²) in [5.41, 5.74) is 0.923. The number of aromatic nitrogens is 2. The van der Waals surface area contributed by atoms with E-state index in [-0.39, 0.29) is 5.91 Å². The van der Waals surface area contributed by atoms with Gasteiger partial charge in [0.15, 0.2) is 0 Å². The fourth-order valence-corrected chi connectivity index (χ4v) is 4.76. The van der Waals surface area contributed by atoms with Crippen LogP contribution in [0.2, 0.25) is 0 Å². The highest BCUT2D eigenvalue weighted by atomic mass is 32.1. The van der Waals surface area contributed by atoms with Gasteiger partial charge in [0.1, 0.15) is 9.71 Å². The standard InChI is InChI=1S/C20H24N4OS/c1-15-7-2-3-11-23(15)14-10-21-19(25)18-17(24-12-4-5-13-24)16-8-6-9-22-20(16)26-18/h4-6,8-9,12-13,15H,2-3,7,10-11,14H2,1H3,(H,21,25)/t15-/m1/s1. The Balaban J connectivity index is 1.52. The predicted octanol–water partition coefficient (Wildman–Crippen LogP) is 3.69. The minimum Gasteiger partial charge on any atom is -0.350 e. The van der Waals surface area contributed by atoms with Gasteiger partial charge in [-0.2, -0.15) is 0 Å². The van der Waals surface area contributed by atoms with Crippen molar-refractivity contribution in [3.8, 4) is 5.69 Å². The van der Waals surface area contributed by atoms with Crippen LogP contribution < -0.4 is 5.32 Å². The molecular weight excluding hydrogens is 344 g/mol. The van der Waals surface area contributed by atoms with Gasteiger partial charge >= 0.3 is 0 Å². The van der Waals surface area contributed by atoms with Gasteiger partial charge in [-0.15, -0.1) is 11.3 Å². The molecule has 1 atom stereocenters. The van der Waals surface area contributed by atoms with E-state index in [1.54, 1.807) is 6.20 Å². The second-order valence-corrected chi connectivity index (χ2v) is 7.86. The zero-order chi connectivity index (χ0) is 17.9. The molecule has 1 aliphatic rings. The third-order valence-corrected chi connectivity index (χ3v) is 6.24. The summed E-state index contributed by atoms with van der Waals surface area (Å²) in [4.78, 5) is 21.4. The molecule has 0 aromatic carbocycles. The summed E-state index contributed by atoms with van der Waals surface area (Å²) in [6, 6.07) is 8.50. The van der Waals surface area contributed by atoms with Crippen molar-refractivity contribution in [1.82, 2.24) is 19.8 Å². The number of likely N-dealkylation sites (tertiary alicyclic amines) is 1. The number of rotatable bonds is 5. The highest BCUT2D eigenvalue weighted by Gasteiger charge is 2.21. The molecule has 4 rings (SSSR count). The highest BCUT2D eigenvalue weighted by molar-refractivity contribution is 7.21. The van der Waals surface area contributed by atoms with E-state index in [9.17, 15) is 4.79 Å². The Morgan fingerprint density at radius 1 is 1.31 bits per heavy atom. The molecule has 0 aliphatic carbocycles. The Bertz CT molecular complexity index is 886. The second kappa shape index (κ2) is 7.60. The van der Waals surface area contributed by atoms with Gasteiger partial charge in [-0.05, 0) is 50.6 Å². The Morgan fingerprint density at radius 2 is 2.15 bits per heavy atom. The first kappa shape index (κ1) is 17.2. The summed E-state index contributed by atoms with van der Waals surface area (Å²) >= 11 is 1.46. The summed E-state index contributed by atoms with van der Waals surface area (Å²) in [6.07, 6.45) is 9.56. The highest BCUT2D eigenvalue weighted by Crippen LogP contribution is 2.32. The van der Waals surface area contributed by atoms with Crippen LogP contribution in [0.1, 0.15) is 35.9 Å². The smallest absolute Gasteiger partial charge is 0.263 e. The van der Waals surface area contributed by atoms with Gasteiger partial charge in [-0.3, -0.25) is 9.69 Å². The summed E-state index contributed by atoms with van der Waals surface area (Å²) in [7, 11) is 0. The molecule has 1 amide bonds. The molecule has 5 nitrogen and oxygen atoms in total. The fraction of sp³-hybridized carbons (Fsp3) is 0.400. The Hall–Kier alpha value is -2.18. The van der Waals surface area contributed by atoms with Crippen molar-refractivity contribution in [2.24, 2.45) is 0 Å². The maximum atomic E-state index is 12.9. The van der Waals surface area contributed by atoms with Crippen LogP contribution in [0.25, 0.3) is 15.9 Å². The van der Waals surface area contributed by atoms with Crippen molar-refractivity contribution in [2.75, 3.05) is 19.6 Å². The molecule has 1 aliphatic heterocycles. The number of hydrogen-bond donors (Lipinski definition) is 1. The number of carbonyl (C=O) groups excluding carboxylic acids is 1. The number of nitrogens with zero attached hydrogens (tertiary/aromatic N) is 3. The second-order valence-electron chi connectivity index (χ2n) is 6.86. The van der Waals surface area contributed by atoms with Crippen LogP contribution in [-0.4, -0.2) is 46.0 Å².